The fourth-order valence-electron chi connectivity index (χ4n) is 5.47. The van der Waals surface area contributed by atoms with Crippen molar-refractivity contribution in [2.45, 2.75) is 39.3 Å². The molecule has 1 N–H and O–H groups in total. The lowest BCUT2D eigenvalue weighted by Gasteiger charge is -2.35. The molecular formula is C29H34ClF4N7O2S. The zero-order chi connectivity index (χ0) is 31.4. The van der Waals surface area contributed by atoms with Crippen molar-refractivity contribution in [2.75, 3.05) is 67.5 Å². The maximum atomic E-state index is 15.8. The van der Waals surface area contributed by atoms with Crippen LogP contribution in [0.5, 0.6) is 0 Å². The van der Waals surface area contributed by atoms with Crippen LogP contribution in [0.2, 0.25) is 5.02 Å². The zero-order valence-corrected chi connectivity index (χ0v) is 26.0. The maximum absolute atomic E-state index is 15.8. The van der Waals surface area contributed by atoms with E-state index in [1.165, 1.54) is 29.8 Å². The van der Waals surface area contributed by atoms with E-state index in [1.54, 1.807) is 6.92 Å². The minimum atomic E-state index is -4.63. The van der Waals surface area contributed by atoms with Crippen molar-refractivity contribution >= 4 is 50.7 Å². The Morgan fingerprint density at radius 1 is 1.16 bits per heavy atom. The molecule has 0 amide bonds. The van der Waals surface area contributed by atoms with Crippen LogP contribution in [0.3, 0.4) is 0 Å². The van der Waals surface area contributed by atoms with Crippen LogP contribution in [0.15, 0.2) is 24.5 Å². The normalized spacial score (nSPS) is 18.0. The predicted octanol–water partition coefficient (Wildman–Crippen LogP) is 6.47. The van der Waals surface area contributed by atoms with Crippen molar-refractivity contribution in [3.63, 3.8) is 0 Å². The molecule has 0 bridgehead atoms. The summed E-state index contributed by atoms with van der Waals surface area (Å²) in [5, 5.41) is 3.56. The number of esters is 1. The fraction of sp³-hybridized carbons (Fsp3) is 0.517. The second kappa shape index (κ2) is 13.8. The first kappa shape index (κ1) is 32.2. The Morgan fingerprint density at radius 3 is 2.64 bits per heavy atom. The molecule has 0 aliphatic carbocycles. The first-order valence-corrected chi connectivity index (χ1v) is 15.8. The standard InChI is InChI=1S/C29H34ClF4N7O2S/c1-3-43-22(42)8-10-39-11-13-40(14-12-39)26-23(31)25(35-17-36-26)38-28-37-24(27(44-28)41-9-4-5-18(2)16-41)19-6-7-21(30)20(15-19)29(32,33)34/h6-7,15,17-18H,3-5,8-14,16H2,1-2H3,(H,35,36,37,38)/t18-/m0/s1. The Balaban J connectivity index is 1.37. The molecule has 2 fully saturated rings. The fourth-order valence-corrected chi connectivity index (χ4v) is 6.71. The van der Waals surface area contributed by atoms with Gasteiger partial charge in [0.25, 0.3) is 0 Å². The Labute approximate surface area is 262 Å². The van der Waals surface area contributed by atoms with Gasteiger partial charge in [-0.1, -0.05) is 35.9 Å². The second-order valence-electron chi connectivity index (χ2n) is 10.9. The molecule has 2 aliphatic rings. The molecule has 9 nitrogen and oxygen atoms in total. The van der Waals surface area contributed by atoms with Crippen LogP contribution in [0.1, 0.15) is 38.7 Å². The number of carbonyl (C=O) groups is 1. The molecule has 3 aromatic rings. The Bertz CT molecular complexity index is 1470. The first-order chi connectivity index (χ1) is 21.0. The number of anilines is 4. The van der Waals surface area contributed by atoms with Gasteiger partial charge in [0, 0.05) is 51.4 Å². The van der Waals surface area contributed by atoms with Crippen LogP contribution in [0.4, 0.5) is 39.3 Å². The molecule has 1 aromatic carbocycles. The quantitative estimate of drug-likeness (QED) is 0.206. The SMILES string of the molecule is CCOC(=O)CCN1CCN(c2ncnc(Nc3nc(-c4ccc(Cl)c(C(F)(F)F)c4)c(N4CCC[C@H](C)C4)s3)c2F)CC1. The highest BCUT2D eigenvalue weighted by atomic mass is 35.5. The van der Waals surface area contributed by atoms with Crippen LogP contribution < -0.4 is 15.1 Å². The van der Waals surface area contributed by atoms with Gasteiger partial charge < -0.3 is 19.9 Å². The van der Waals surface area contributed by atoms with Gasteiger partial charge in [-0.2, -0.15) is 17.6 Å². The van der Waals surface area contributed by atoms with E-state index in [2.05, 4.69) is 37.0 Å². The smallest absolute Gasteiger partial charge is 0.417 e. The maximum Gasteiger partial charge on any atom is 0.417 e. The van der Waals surface area contributed by atoms with Crippen LogP contribution in [0.25, 0.3) is 11.3 Å². The number of piperazine rings is 1. The van der Waals surface area contributed by atoms with Crippen LogP contribution >= 0.6 is 22.9 Å². The molecule has 1 atom stereocenters. The van der Waals surface area contributed by atoms with Gasteiger partial charge >= 0.3 is 12.1 Å². The van der Waals surface area contributed by atoms with E-state index in [4.69, 9.17) is 16.3 Å². The molecule has 4 heterocycles. The number of nitrogens with zero attached hydrogens (tertiary/aromatic N) is 6. The third-order valence-corrected chi connectivity index (χ3v) is 9.07. The predicted molar refractivity (Wildman–Crippen MR) is 163 cm³/mol. The highest BCUT2D eigenvalue weighted by molar-refractivity contribution is 7.20. The van der Waals surface area contributed by atoms with E-state index in [0.29, 0.717) is 67.5 Å². The molecule has 2 aromatic heterocycles. The molecular weight excluding hydrogens is 622 g/mol. The average molecular weight is 656 g/mol. The number of rotatable bonds is 9. The molecule has 0 spiro atoms. The lowest BCUT2D eigenvalue weighted by atomic mass is 10.00. The zero-order valence-electron chi connectivity index (χ0n) is 24.5. The highest BCUT2D eigenvalue weighted by Gasteiger charge is 2.34. The number of thiazole rings is 1. The molecule has 238 valence electrons. The number of ether oxygens (including phenoxy) is 1. The summed E-state index contributed by atoms with van der Waals surface area (Å²) in [5.41, 5.74) is -0.309. The minimum absolute atomic E-state index is 0.0781. The summed E-state index contributed by atoms with van der Waals surface area (Å²) in [4.78, 5) is 30.7. The summed E-state index contributed by atoms with van der Waals surface area (Å²) in [6.07, 6.45) is -1.06. The number of hydrogen-bond acceptors (Lipinski definition) is 10. The van der Waals surface area contributed by atoms with Gasteiger partial charge in [-0.05, 0) is 37.8 Å². The van der Waals surface area contributed by atoms with Crippen LogP contribution in [-0.2, 0) is 15.7 Å². The molecule has 2 aliphatic heterocycles. The summed E-state index contributed by atoms with van der Waals surface area (Å²) in [7, 11) is 0. The van der Waals surface area contributed by atoms with E-state index < -0.39 is 22.6 Å². The molecule has 0 saturated carbocycles. The van der Waals surface area contributed by atoms with Crippen molar-refractivity contribution in [3.8, 4) is 11.3 Å². The topological polar surface area (TPSA) is 86.7 Å². The largest absolute Gasteiger partial charge is 0.466 e. The summed E-state index contributed by atoms with van der Waals surface area (Å²) >= 11 is 7.13. The van der Waals surface area contributed by atoms with E-state index in [9.17, 15) is 18.0 Å². The first-order valence-electron chi connectivity index (χ1n) is 14.6. The van der Waals surface area contributed by atoms with Gasteiger partial charge in [-0.3, -0.25) is 9.69 Å². The summed E-state index contributed by atoms with van der Waals surface area (Å²) < 4.78 is 61.8. The monoisotopic (exact) mass is 655 g/mol. The lowest BCUT2D eigenvalue weighted by Crippen LogP contribution is -2.47. The van der Waals surface area contributed by atoms with Gasteiger partial charge in [0.05, 0.1) is 23.6 Å². The van der Waals surface area contributed by atoms with Crippen molar-refractivity contribution in [2.24, 2.45) is 5.92 Å². The Morgan fingerprint density at radius 2 is 1.93 bits per heavy atom. The van der Waals surface area contributed by atoms with Gasteiger partial charge in [-0.15, -0.1) is 0 Å². The van der Waals surface area contributed by atoms with Crippen LogP contribution in [-0.4, -0.2) is 78.2 Å². The van der Waals surface area contributed by atoms with Gasteiger partial charge in [-0.25, -0.2) is 15.0 Å². The molecule has 44 heavy (non-hydrogen) atoms. The molecule has 0 unspecified atom stereocenters. The summed E-state index contributed by atoms with van der Waals surface area (Å²) in [6.45, 7) is 8.53. The second-order valence-corrected chi connectivity index (χ2v) is 12.3. The van der Waals surface area contributed by atoms with Gasteiger partial charge in [0.2, 0.25) is 5.82 Å². The summed E-state index contributed by atoms with van der Waals surface area (Å²) in [5.74, 6) is -0.429. The number of piperidine rings is 1. The Hall–Kier alpha value is -3.23. The number of hydrogen-bond donors (Lipinski definition) is 1. The molecule has 0 radical (unpaired) electrons. The number of halogens is 5. The van der Waals surface area contributed by atoms with E-state index >= 15 is 4.39 Å². The van der Waals surface area contributed by atoms with E-state index in [1.807, 2.05) is 4.90 Å². The van der Waals surface area contributed by atoms with Gasteiger partial charge in [0.15, 0.2) is 16.8 Å². The third kappa shape index (κ3) is 7.52. The van der Waals surface area contributed by atoms with E-state index in [0.717, 1.165) is 32.0 Å². The minimum Gasteiger partial charge on any atom is -0.466 e. The van der Waals surface area contributed by atoms with Crippen molar-refractivity contribution in [1.82, 2.24) is 19.9 Å². The number of nitrogens with one attached hydrogen (secondary N) is 1. The van der Waals surface area contributed by atoms with Crippen LogP contribution in [0, 0.1) is 11.7 Å². The highest BCUT2D eigenvalue weighted by Crippen LogP contribution is 2.44. The molecule has 5 rings (SSSR count). The number of alkyl halides is 3. The van der Waals surface area contributed by atoms with Crippen molar-refractivity contribution < 1.29 is 27.1 Å². The van der Waals surface area contributed by atoms with Crippen molar-refractivity contribution in [3.05, 3.63) is 40.9 Å². The molecule has 15 heteroatoms. The third-order valence-electron chi connectivity index (χ3n) is 7.70. The van der Waals surface area contributed by atoms with Crippen molar-refractivity contribution in [1.29, 1.82) is 0 Å². The number of carbonyl (C=O) groups excluding carboxylic acids is 1. The van der Waals surface area contributed by atoms with E-state index in [-0.39, 0.29) is 23.2 Å². The van der Waals surface area contributed by atoms with Gasteiger partial charge in [0.1, 0.15) is 17.0 Å². The Kier molecular flexibility index (Phi) is 10.1. The molecule has 2 saturated heterocycles. The average Bonchev–Trinajstić information content (AvgIpc) is 3.41. The lowest BCUT2D eigenvalue weighted by molar-refractivity contribution is -0.143. The number of benzene rings is 1. The number of aromatic nitrogens is 3. The summed E-state index contributed by atoms with van der Waals surface area (Å²) in [6, 6.07) is 3.75.